The van der Waals surface area contributed by atoms with Crippen molar-refractivity contribution in [2.24, 2.45) is 35.0 Å². The molecule has 3 aliphatic carbocycles. The van der Waals surface area contributed by atoms with E-state index in [-0.39, 0.29) is 0 Å². The zero-order valence-electron chi connectivity index (χ0n) is 9.22. The molecule has 0 heterocycles. The lowest BCUT2D eigenvalue weighted by Crippen LogP contribution is -2.10. The van der Waals surface area contributed by atoms with Gasteiger partial charge in [-0.05, 0) is 54.3 Å². The van der Waals surface area contributed by atoms with E-state index in [1.807, 2.05) is 0 Å². The van der Waals surface area contributed by atoms with Crippen molar-refractivity contribution < 1.29 is 0 Å². The average molecular weight is 178 g/mol. The van der Waals surface area contributed by atoms with E-state index in [4.69, 9.17) is 0 Å². The van der Waals surface area contributed by atoms with Gasteiger partial charge in [-0.15, -0.1) is 0 Å². The number of hydrogen-bond donors (Lipinski definition) is 0. The van der Waals surface area contributed by atoms with E-state index in [0.29, 0.717) is 5.41 Å². The fourth-order valence-corrected chi connectivity index (χ4v) is 4.15. The monoisotopic (exact) mass is 178 g/mol. The first-order chi connectivity index (χ1) is 6.09. The van der Waals surface area contributed by atoms with Gasteiger partial charge in [0.15, 0.2) is 0 Å². The molecule has 0 saturated heterocycles. The summed E-state index contributed by atoms with van der Waals surface area (Å²) in [6.07, 6.45) is 6.24. The van der Waals surface area contributed by atoms with E-state index in [0.717, 1.165) is 11.8 Å². The topological polar surface area (TPSA) is 0 Å². The lowest BCUT2D eigenvalue weighted by Gasteiger charge is -2.18. The molecule has 0 radical (unpaired) electrons. The van der Waals surface area contributed by atoms with E-state index < -0.39 is 0 Å². The van der Waals surface area contributed by atoms with Crippen LogP contribution in [0, 0.1) is 35.0 Å². The van der Waals surface area contributed by atoms with Gasteiger partial charge in [0.1, 0.15) is 0 Å². The molecular weight excluding hydrogens is 156 g/mol. The Labute approximate surface area is 82.1 Å². The molecule has 0 aromatic rings. The van der Waals surface area contributed by atoms with Crippen LogP contribution >= 0.6 is 0 Å². The summed E-state index contributed by atoms with van der Waals surface area (Å²) >= 11 is 0. The predicted molar refractivity (Wildman–Crippen MR) is 55.4 cm³/mol. The molecule has 74 valence electrons. The largest absolute Gasteiger partial charge is 0.0599 e. The first-order valence-electron chi connectivity index (χ1n) is 6.09. The lowest BCUT2D eigenvalue weighted by atomic mass is 9.87. The minimum Gasteiger partial charge on any atom is -0.0599 e. The van der Waals surface area contributed by atoms with Crippen LogP contribution in [0.1, 0.15) is 46.5 Å². The average Bonchev–Trinajstić information content (AvgIpc) is 2.85. The van der Waals surface area contributed by atoms with Gasteiger partial charge in [-0.3, -0.25) is 0 Å². The van der Waals surface area contributed by atoms with Gasteiger partial charge in [0.05, 0.1) is 0 Å². The van der Waals surface area contributed by atoms with Crippen LogP contribution in [0.3, 0.4) is 0 Å². The Bertz CT molecular complexity index is 213. The number of rotatable bonds is 1. The van der Waals surface area contributed by atoms with E-state index in [2.05, 4.69) is 20.8 Å². The van der Waals surface area contributed by atoms with Crippen LogP contribution in [-0.2, 0) is 0 Å². The fraction of sp³-hybridized carbons (Fsp3) is 1.00. The first-order valence-corrected chi connectivity index (χ1v) is 6.09. The third-order valence-electron chi connectivity index (χ3n) is 4.92. The van der Waals surface area contributed by atoms with Crippen LogP contribution in [0.5, 0.6) is 0 Å². The summed E-state index contributed by atoms with van der Waals surface area (Å²) in [5.41, 5.74) is 0.599. The van der Waals surface area contributed by atoms with Crippen molar-refractivity contribution in [1.82, 2.24) is 0 Å². The van der Waals surface area contributed by atoms with Crippen molar-refractivity contribution in [2.45, 2.75) is 46.5 Å². The minimum atomic E-state index is 0.599. The molecule has 0 spiro atoms. The van der Waals surface area contributed by atoms with Crippen LogP contribution in [0.15, 0.2) is 0 Å². The van der Waals surface area contributed by atoms with Crippen molar-refractivity contribution in [2.75, 3.05) is 0 Å². The summed E-state index contributed by atoms with van der Waals surface area (Å²) in [6.45, 7) is 7.28. The standard InChI is InChI=1S/C13H22/c1-13(2,3)11-7-10(11)12-8-5-4-6-9(8)12/h8-12H,4-7H2,1-3H3. The van der Waals surface area contributed by atoms with E-state index in [9.17, 15) is 0 Å². The van der Waals surface area contributed by atoms with Gasteiger partial charge >= 0.3 is 0 Å². The smallest absolute Gasteiger partial charge is 0.0321 e. The molecule has 0 N–H and O–H groups in total. The Kier molecular flexibility index (Phi) is 1.49. The number of fused-ring (bicyclic) bond motifs is 1. The van der Waals surface area contributed by atoms with Crippen molar-refractivity contribution in [1.29, 1.82) is 0 Å². The normalized spacial score (nSPS) is 53.3. The molecule has 0 aromatic heterocycles. The second-order valence-electron chi connectivity index (χ2n) is 6.71. The van der Waals surface area contributed by atoms with Gasteiger partial charge in [0.25, 0.3) is 0 Å². The molecule has 0 heteroatoms. The van der Waals surface area contributed by atoms with Gasteiger partial charge in [0, 0.05) is 0 Å². The summed E-state index contributed by atoms with van der Waals surface area (Å²) in [5, 5.41) is 0. The summed E-state index contributed by atoms with van der Waals surface area (Å²) in [6, 6.07) is 0. The minimum absolute atomic E-state index is 0.599. The maximum atomic E-state index is 2.43. The molecule has 0 amide bonds. The Morgan fingerprint density at radius 2 is 1.54 bits per heavy atom. The van der Waals surface area contributed by atoms with Crippen molar-refractivity contribution in [3.05, 3.63) is 0 Å². The second kappa shape index (κ2) is 2.32. The van der Waals surface area contributed by atoms with E-state index in [1.54, 1.807) is 25.7 Å². The zero-order chi connectivity index (χ0) is 9.22. The molecular formula is C13H22. The summed E-state index contributed by atoms with van der Waals surface area (Å²) < 4.78 is 0. The Morgan fingerprint density at radius 3 is 2.00 bits per heavy atom. The van der Waals surface area contributed by atoms with Gasteiger partial charge in [0.2, 0.25) is 0 Å². The SMILES string of the molecule is CC(C)(C)C1CC1C1C2CCCC21. The van der Waals surface area contributed by atoms with Gasteiger partial charge < -0.3 is 0 Å². The van der Waals surface area contributed by atoms with Crippen molar-refractivity contribution in [3.8, 4) is 0 Å². The lowest BCUT2D eigenvalue weighted by molar-refractivity contribution is 0.313. The maximum absolute atomic E-state index is 2.43. The molecule has 4 unspecified atom stereocenters. The van der Waals surface area contributed by atoms with Crippen LogP contribution < -0.4 is 0 Å². The van der Waals surface area contributed by atoms with Crippen LogP contribution in [0.25, 0.3) is 0 Å². The van der Waals surface area contributed by atoms with Crippen molar-refractivity contribution >= 4 is 0 Å². The van der Waals surface area contributed by atoms with Crippen molar-refractivity contribution in [3.63, 3.8) is 0 Å². The molecule has 3 fully saturated rings. The Morgan fingerprint density at radius 1 is 0.923 bits per heavy atom. The summed E-state index contributed by atoms with van der Waals surface area (Å²) in [4.78, 5) is 0. The van der Waals surface area contributed by atoms with Gasteiger partial charge in [-0.1, -0.05) is 27.2 Å². The highest BCUT2D eigenvalue weighted by molar-refractivity contribution is 5.11. The highest BCUT2D eigenvalue weighted by Gasteiger charge is 2.63. The highest BCUT2D eigenvalue weighted by Crippen LogP contribution is 2.70. The molecule has 3 saturated carbocycles. The fourth-order valence-electron chi connectivity index (χ4n) is 4.15. The predicted octanol–water partition coefficient (Wildman–Crippen LogP) is 3.71. The Hall–Kier alpha value is 0. The Balaban J connectivity index is 1.61. The molecule has 4 atom stereocenters. The molecule has 0 aromatic carbocycles. The highest BCUT2D eigenvalue weighted by atomic mass is 14.7. The first kappa shape index (κ1) is 8.32. The zero-order valence-corrected chi connectivity index (χ0v) is 9.22. The van der Waals surface area contributed by atoms with Gasteiger partial charge in [-0.25, -0.2) is 0 Å². The molecule has 0 nitrogen and oxygen atoms in total. The maximum Gasteiger partial charge on any atom is -0.0321 e. The van der Waals surface area contributed by atoms with Crippen LogP contribution in [-0.4, -0.2) is 0 Å². The molecule has 13 heavy (non-hydrogen) atoms. The summed E-state index contributed by atoms with van der Waals surface area (Å²) in [5.74, 6) is 5.80. The van der Waals surface area contributed by atoms with Crippen LogP contribution in [0.2, 0.25) is 0 Å². The molecule has 3 rings (SSSR count). The number of hydrogen-bond acceptors (Lipinski definition) is 0. The molecule has 3 aliphatic rings. The van der Waals surface area contributed by atoms with E-state index in [1.165, 1.54) is 17.8 Å². The molecule has 0 bridgehead atoms. The third kappa shape index (κ3) is 1.17. The second-order valence-corrected chi connectivity index (χ2v) is 6.71. The van der Waals surface area contributed by atoms with E-state index >= 15 is 0 Å². The van der Waals surface area contributed by atoms with Gasteiger partial charge in [-0.2, -0.15) is 0 Å². The van der Waals surface area contributed by atoms with Crippen LogP contribution in [0.4, 0.5) is 0 Å². The quantitative estimate of drug-likeness (QED) is 0.574. The molecule has 0 aliphatic heterocycles. The third-order valence-corrected chi connectivity index (χ3v) is 4.92. The summed E-state index contributed by atoms with van der Waals surface area (Å²) in [7, 11) is 0.